The van der Waals surface area contributed by atoms with Crippen LogP contribution in [0.4, 0.5) is 11.4 Å². The molecule has 1 aromatic carbocycles. The zero-order valence-electron chi connectivity index (χ0n) is 15.0. The second-order valence-electron chi connectivity index (χ2n) is 6.11. The standard InChI is InChI=1S/C17H27N5O3.HI/c1-2-18-17(21-13-7-9-14(23)10-8-13)20-12-11-19-15-5-3-4-6-16(15)22(24)25;/h3-6,13-14,19,23H,2,7-12H2,1H3,(H2,18,20,21);1H. The van der Waals surface area contributed by atoms with Crippen LogP contribution in [0, 0.1) is 10.1 Å². The summed E-state index contributed by atoms with van der Waals surface area (Å²) in [6.07, 6.45) is 3.32. The van der Waals surface area contributed by atoms with Crippen molar-refractivity contribution in [2.75, 3.05) is 25.0 Å². The monoisotopic (exact) mass is 477 g/mol. The van der Waals surface area contributed by atoms with Crippen LogP contribution in [-0.4, -0.2) is 47.8 Å². The second kappa shape index (κ2) is 11.9. The molecule has 1 aromatic rings. The van der Waals surface area contributed by atoms with Crippen LogP contribution in [0.3, 0.4) is 0 Å². The van der Waals surface area contributed by atoms with Crippen LogP contribution in [0.15, 0.2) is 29.3 Å². The highest BCUT2D eigenvalue weighted by Gasteiger charge is 2.19. The van der Waals surface area contributed by atoms with Gasteiger partial charge in [-0.25, -0.2) is 0 Å². The number of aliphatic hydroxyl groups is 1. The highest BCUT2D eigenvalue weighted by Crippen LogP contribution is 2.22. The minimum atomic E-state index is -0.394. The molecule has 0 saturated heterocycles. The largest absolute Gasteiger partial charge is 0.393 e. The highest BCUT2D eigenvalue weighted by atomic mass is 127. The summed E-state index contributed by atoms with van der Waals surface area (Å²) in [5.41, 5.74) is 0.569. The van der Waals surface area contributed by atoms with Crippen molar-refractivity contribution in [3.8, 4) is 0 Å². The van der Waals surface area contributed by atoms with Gasteiger partial charge < -0.3 is 21.1 Å². The third-order valence-electron chi connectivity index (χ3n) is 4.18. The van der Waals surface area contributed by atoms with Crippen molar-refractivity contribution in [2.45, 2.75) is 44.8 Å². The van der Waals surface area contributed by atoms with Crippen molar-refractivity contribution >= 4 is 41.3 Å². The molecule has 146 valence electrons. The molecule has 1 fully saturated rings. The quantitative estimate of drug-likeness (QED) is 0.120. The SMILES string of the molecule is CCNC(=NCCNc1ccccc1[N+](=O)[O-])NC1CCC(O)CC1.I. The Balaban J connectivity index is 0.00000338. The Hall–Kier alpha value is -1.62. The number of rotatable bonds is 7. The maximum Gasteiger partial charge on any atom is 0.292 e. The molecule has 4 N–H and O–H groups in total. The van der Waals surface area contributed by atoms with E-state index in [1.165, 1.54) is 6.07 Å². The van der Waals surface area contributed by atoms with Crippen LogP contribution < -0.4 is 16.0 Å². The summed E-state index contributed by atoms with van der Waals surface area (Å²) in [7, 11) is 0. The number of aliphatic hydroxyl groups excluding tert-OH is 1. The molecule has 9 heteroatoms. The fourth-order valence-corrected chi connectivity index (χ4v) is 2.87. The van der Waals surface area contributed by atoms with E-state index in [0.717, 1.165) is 38.2 Å². The summed E-state index contributed by atoms with van der Waals surface area (Å²) in [6, 6.07) is 6.91. The Morgan fingerprint density at radius 1 is 1.31 bits per heavy atom. The van der Waals surface area contributed by atoms with E-state index in [4.69, 9.17) is 0 Å². The van der Waals surface area contributed by atoms with E-state index < -0.39 is 4.92 Å². The molecule has 0 aromatic heterocycles. The molecule has 1 saturated carbocycles. The predicted octanol–water partition coefficient (Wildman–Crippen LogP) is 2.48. The number of hydrogen-bond acceptors (Lipinski definition) is 5. The first-order chi connectivity index (χ1) is 12.1. The fourth-order valence-electron chi connectivity index (χ4n) is 2.87. The number of aliphatic imine (C=N–C) groups is 1. The van der Waals surface area contributed by atoms with Crippen molar-refractivity contribution in [1.82, 2.24) is 10.6 Å². The molecule has 1 aliphatic rings. The first-order valence-electron chi connectivity index (χ1n) is 8.80. The van der Waals surface area contributed by atoms with Gasteiger partial charge in [-0.2, -0.15) is 0 Å². The van der Waals surface area contributed by atoms with Crippen LogP contribution in [0.2, 0.25) is 0 Å². The van der Waals surface area contributed by atoms with Crippen molar-refractivity contribution in [3.63, 3.8) is 0 Å². The number of guanidine groups is 1. The number of anilines is 1. The predicted molar refractivity (Wildman–Crippen MR) is 114 cm³/mol. The van der Waals surface area contributed by atoms with Gasteiger partial charge in [0.15, 0.2) is 5.96 Å². The molecule has 26 heavy (non-hydrogen) atoms. The van der Waals surface area contributed by atoms with Crippen LogP contribution in [0.25, 0.3) is 0 Å². The fraction of sp³-hybridized carbons (Fsp3) is 0.588. The van der Waals surface area contributed by atoms with Gasteiger partial charge in [0, 0.05) is 25.2 Å². The minimum Gasteiger partial charge on any atom is -0.393 e. The Bertz CT molecular complexity index is 592. The van der Waals surface area contributed by atoms with Gasteiger partial charge in [-0.05, 0) is 38.7 Å². The van der Waals surface area contributed by atoms with Crippen molar-refractivity contribution < 1.29 is 10.0 Å². The number of benzene rings is 1. The Labute approximate surface area is 171 Å². The van der Waals surface area contributed by atoms with E-state index in [-0.39, 0.29) is 35.8 Å². The molecule has 0 bridgehead atoms. The summed E-state index contributed by atoms with van der Waals surface area (Å²) in [5.74, 6) is 0.744. The van der Waals surface area contributed by atoms with Crippen LogP contribution >= 0.6 is 24.0 Å². The average Bonchev–Trinajstić information content (AvgIpc) is 2.61. The van der Waals surface area contributed by atoms with Gasteiger partial charge >= 0.3 is 0 Å². The smallest absolute Gasteiger partial charge is 0.292 e. The second-order valence-corrected chi connectivity index (χ2v) is 6.11. The van der Waals surface area contributed by atoms with Crippen molar-refractivity contribution in [2.24, 2.45) is 4.99 Å². The molecule has 0 aliphatic heterocycles. The van der Waals surface area contributed by atoms with Crippen LogP contribution in [-0.2, 0) is 0 Å². The van der Waals surface area contributed by atoms with Gasteiger partial charge in [0.05, 0.1) is 17.6 Å². The first kappa shape index (κ1) is 22.4. The lowest BCUT2D eigenvalue weighted by molar-refractivity contribution is -0.384. The zero-order chi connectivity index (χ0) is 18.1. The van der Waals surface area contributed by atoms with Crippen LogP contribution in [0.5, 0.6) is 0 Å². The van der Waals surface area contributed by atoms with E-state index in [1.807, 2.05) is 6.92 Å². The first-order valence-corrected chi connectivity index (χ1v) is 8.80. The molecule has 0 heterocycles. The van der Waals surface area contributed by atoms with E-state index >= 15 is 0 Å². The lowest BCUT2D eigenvalue weighted by Gasteiger charge is -2.27. The molecule has 0 unspecified atom stereocenters. The zero-order valence-corrected chi connectivity index (χ0v) is 17.3. The number of nitro benzene ring substituents is 1. The summed E-state index contributed by atoms with van der Waals surface area (Å²) in [5, 5.41) is 30.2. The van der Waals surface area contributed by atoms with Gasteiger partial charge in [0.25, 0.3) is 5.69 Å². The lowest BCUT2D eigenvalue weighted by atomic mass is 9.93. The summed E-state index contributed by atoms with van der Waals surface area (Å²) >= 11 is 0. The normalized spacial score (nSPS) is 20.0. The van der Waals surface area contributed by atoms with Gasteiger partial charge in [0.1, 0.15) is 5.69 Å². The highest BCUT2D eigenvalue weighted by molar-refractivity contribution is 14.0. The topological polar surface area (TPSA) is 112 Å². The van der Waals surface area contributed by atoms with Gasteiger partial charge in [-0.1, -0.05) is 12.1 Å². The Kier molecular flexibility index (Phi) is 10.3. The molecular formula is C17H28IN5O3. The van der Waals surface area contributed by atoms with Crippen molar-refractivity contribution in [3.05, 3.63) is 34.4 Å². The maximum absolute atomic E-state index is 11.0. The number of nitrogens with one attached hydrogen (secondary N) is 3. The Morgan fingerprint density at radius 2 is 2.00 bits per heavy atom. The maximum atomic E-state index is 11.0. The molecule has 8 nitrogen and oxygen atoms in total. The summed E-state index contributed by atoms with van der Waals surface area (Å²) in [6.45, 7) is 3.77. The molecule has 2 rings (SSSR count). The number of nitrogens with zero attached hydrogens (tertiary/aromatic N) is 2. The number of hydrogen-bond donors (Lipinski definition) is 4. The van der Waals surface area contributed by atoms with E-state index in [1.54, 1.807) is 18.2 Å². The Morgan fingerprint density at radius 3 is 2.65 bits per heavy atom. The average molecular weight is 477 g/mol. The third kappa shape index (κ3) is 7.32. The van der Waals surface area contributed by atoms with Crippen molar-refractivity contribution in [1.29, 1.82) is 0 Å². The number of halogens is 1. The third-order valence-corrected chi connectivity index (χ3v) is 4.18. The molecule has 0 spiro atoms. The van der Waals surface area contributed by atoms with Gasteiger partial charge in [-0.15, -0.1) is 24.0 Å². The molecule has 0 atom stereocenters. The lowest BCUT2D eigenvalue weighted by Crippen LogP contribution is -2.45. The van der Waals surface area contributed by atoms with E-state index in [0.29, 0.717) is 24.8 Å². The molecular weight excluding hydrogens is 449 g/mol. The summed E-state index contributed by atoms with van der Waals surface area (Å²) < 4.78 is 0. The van der Waals surface area contributed by atoms with E-state index in [9.17, 15) is 15.2 Å². The number of nitro groups is 1. The van der Waals surface area contributed by atoms with Gasteiger partial charge in [0.2, 0.25) is 0 Å². The molecule has 0 radical (unpaired) electrons. The molecule has 1 aliphatic carbocycles. The van der Waals surface area contributed by atoms with Gasteiger partial charge in [-0.3, -0.25) is 15.1 Å². The summed E-state index contributed by atoms with van der Waals surface area (Å²) in [4.78, 5) is 15.1. The molecule has 0 amide bonds. The van der Waals surface area contributed by atoms with E-state index in [2.05, 4.69) is 20.9 Å². The van der Waals surface area contributed by atoms with Crippen LogP contribution in [0.1, 0.15) is 32.6 Å². The minimum absolute atomic E-state index is 0. The number of para-hydroxylation sites is 2.